The zero-order valence-electron chi connectivity index (χ0n) is 9.08. The normalized spacial score (nSPS) is 16.8. The summed E-state index contributed by atoms with van der Waals surface area (Å²) < 4.78 is 19.1. The molecule has 1 aliphatic rings. The van der Waals surface area contributed by atoms with Gasteiger partial charge in [0.15, 0.2) is 0 Å². The summed E-state index contributed by atoms with van der Waals surface area (Å²) in [6, 6.07) is 4.45. The number of benzene rings is 1. The average Bonchev–Trinajstić information content (AvgIpc) is 2.30. The van der Waals surface area contributed by atoms with Crippen molar-refractivity contribution in [1.29, 1.82) is 0 Å². The molecule has 2 rings (SSSR count). The van der Waals surface area contributed by atoms with Gasteiger partial charge in [0.25, 0.3) is 5.91 Å². The highest BCUT2D eigenvalue weighted by molar-refractivity contribution is 9.10. The summed E-state index contributed by atoms with van der Waals surface area (Å²) in [5.74, 6) is -0.984. The summed E-state index contributed by atoms with van der Waals surface area (Å²) >= 11 is 3.17. The fourth-order valence-electron chi connectivity index (χ4n) is 1.59. The molecule has 0 atom stereocenters. The van der Waals surface area contributed by atoms with Gasteiger partial charge in [0.1, 0.15) is 5.82 Å². The first-order valence-electron chi connectivity index (χ1n) is 5.26. The van der Waals surface area contributed by atoms with Crippen molar-refractivity contribution in [1.82, 2.24) is 10.4 Å². The Balaban J connectivity index is 2.08. The lowest BCUT2D eigenvalue weighted by Gasteiger charge is -2.27. The molecule has 1 amide bonds. The highest BCUT2D eigenvalue weighted by atomic mass is 79.9. The van der Waals surface area contributed by atoms with Crippen molar-refractivity contribution < 1.29 is 13.9 Å². The van der Waals surface area contributed by atoms with Crippen molar-refractivity contribution in [2.75, 3.05) is 26.3 Å². The number of carbonyl (C=O) groups excluding carboxylic acids is 1. The van der Waals surface area contributed by atoms with Gasteiger partial charge in [-0.1, -0.05) is 6.07 Å². The van der Waals surface area contributed by atoms with Crippen molar-refractivity contribution in [3.05, 3.63) is 34.1 Å². The molecule has 0 aliphatic carbocycles. The van der Waals surface area contributed by atoms with E-state index >= 15 is 0 Å². The molecule has 1 aromatic carbocycles. The van der Waals surface area contributed by atoms with Crippen molar-refractivity contribution in [3.8, 4) is 0 Å². The van der Waals surface area contributed by atoms with Crippen LogP contribution in [0.3, 0.4) is 0 Å². The lowest BCUT2D eigenvalue weighted by atomic mass is 10.2. The van der Waals surface area contributed by atoms with E-state index in [0.29, 0.717) is 30.8 Å². The van der Waals surface area contributed by atoms with Crippen LogP contribution in [-0.4, -0.2) is 37.2 Å². The van der Waals surface area contributed by atoms with E-state index in [-0.39, 0.29) is 5.56 Å². The summed E-state index contributed by atoms with van der Waals surface area (Å²) in [4.78, 5) is 11.9. The molecule has 17 heavy (non-hydrogen) atoms. The molecule has 0 bridgehead atoms. The Morgan fingerprint density at radius 1 is 1.41 bits per heavy atom. The van der Waals surface area contributed by atoms with Gasteiger partial charge >= 0.3 is 0 Å². The first-order chi connectivity index (χ1) is 8.18. The quantitative estimate of drug-likeness (QED) is 0.901. The Hall–Kier alpha value is -0.980. The molecule has 0 radical (unpaired) electrons. The maximum Gasteiger partial charge on any atom is 0.269 e. The van der Waals surface area contributed by atoms with Crippen LogP contribution in [-0.2, 0) is 4.74 Å². The van der Waals surface area contributed by atoms with Crippen molar-refractivity contribution in [3.63, 3.8) is 0 Å². The molecular formula is C11H12BrFN2O2. The van der Waals surface area contributed by atoms with Crippen LogP contribution in [0.1, 0.15) is 10.4 Å². The molecule has 1 saturated heterocycles. The molecule has 6 heteroatoms. The van der Waals surface area contributed by atoms with Gasteiger partial charge in [-0.25, -0.2) is 9.40 Å². The molecule has 1 aromatic rings. The fourth-order valence-corrected chi connectivity index (χ4v) is 2.11. The predicted molar refractivity (Wildman–Crippen MR) is 64.0 cm³/mol. The minimum atomic E-state index is -0.537. The maximum absolute atomic E-state index is 13.5. The smallest absolute Gasteiger partial charge is 0.269 e. The Morgan fingerprint density at radius 3 is 2.76 bits per heavy atom. The lowest BCUT2D eigenvalue weighted by molar-refractivity contribution is 0.0125. The van der Waals surface area contributed by atoms with Crippen molar-refractivity contribution in [2.45, 2.75) is 0 Å². The van der Waals surface area contributed by atoms with E-state index in [1.165, 1.54) is 6.07 Å². The number of amides is 1. The Bertz CT molecular complexity index is 402. The van der Waals surface area contributed by atoms with E-state index in [2.05, 4.69) is 21.4 Å². The van der Waals surface area contributed by atoms with Crippen molar-refractivity contribution in [2.24, 2.45) is 0 Å². The van der Waals surface area contributed by atoms with Gasteiger partial charge in [0, 0.05) is 17.6 Å². The molecule has 1 N–H and O–H groups in total. The van der Waals surface area contributed by atoms with E-state index in [4.69, 9.17) is 4.74 Å². The Labute approximate surface area is 107 Å². The molecule has 1 fully saturated rings. The summed E-state index contributed by atoms with van der Waals surface area (Å²) in [7, 11) is 0. The number of halogens is 2. The van der Waals surface area contributed by atoms with Gasteiger partial charge in [-0.05, 0) is 28.1 Å². The minimum Gasteiger partial charge on any atom is -0.379 e. The Morgan fingerprint density at radius 2 is 2.12 bits per heavy atom. The molecular weight excluding hydrogens is 291 g/mol. The molecule has 1 aliphatic heterocycles. The average molecular weight is 303 g/mol. The third kappa shape index (κ3) is 3.02. The van der Waals surface area contributed by atoms with Gasteiger partial charge in [-0.3, -0.25) is 10.2 Å². The van der Waals surface area contributed by atoms with Gasteiger partial charge in [0.05, 0.1) is 18.8 Å². The van der Waals surface area contributed by atoms with Crippen LogP contribution in [0.5, 0.6) is 0 Å². The summed E-state index contributed by atoms with van der Waals surface area (Å²) in [5, 5.41) is 1.73. The molecule has 0 spiro atoms. The summed E-state index contributed by atoms with van der Waals surface area (Å²) in [5.41, 5.74) is 2.69. The van der Waals surface area contributed by atoms with Crippen LogP contribution in [0, 0.1) is 5.82 Å². The fraction of sp³-hybridized carbons (Fsp3) is 0.364. The van der Waals surface area contributed by atoms with Gasteiger partial charge < -0.3 is 4.74 Å². The van der Waals surface area contributed by atoms with Gasteiger partial charge in [0.2, 0.25) is 0 Å². The number of carbonyl (C=O) groups is 1. The van der Waals surface area contributed by atoms with Crippen LogP contribution in [0.2, 0.25) is 0 Å². The first kappa shape index (κ1) is 12.5. The molecule has 1 heterocycles. The third-order valence-electron chi connectivity index (χ3n) is 2.46. The van der Waals surface area contributed by atoms with Crippen LogP contribution in [0.4, 0.5) is 4.39 Å². The second-order valence-electron chi connectivity index (χ2n) is 3.64. The number of nitrogens with one attached hydrogen (secondary N) is 1. The maximum atomic E-state index is 13.5. The zero-order valence-corrected chi connectivity index (χ0v) is 10.7. The standard InChI is InChI=1S/C11H12BrFN2O2/c12-8-2-1-3-9(13)10(8)11(16)14-15-4-6-17-7-5-15/h1-3H,4-7H2,(H,14,16). The van der Waals surface area contributed by atoms with E-state index in [1.807, 2.05) is 0 Å². The number of hydrogen-bond donors (Lipinski definition) is 1. The van der Waals surface area contributed by atoms with Crippen LogP contribution < -0.4 is 5.43 Å². The highest BCUT2D eigenvalue weighted by Gasteiger charge is 2.19. The molecule has 0 saturated carbocycles. The van der Waals surface area contributed by atoms with E-state index < -0.39 is 11.7 Å². The van der Waals surface area contributed by atoms with Crippen LogP contribution >= 0.6 is 15.9 Å². The SMILES string of the molecule is O=C(NN1CCOCC1)c1c(F)cccc1Br. The largest absolute Gasteiger partial charge is 0.379 e. The second-order valence-corrected chi connectivity index (χ2v) is 4.49. The first-order valence-corrected chi connectivity index (χ1v) is 6.05. The topological polar surface area (TPSA) is 41.6 Å². The van der Waals surface area contributed by atoms with Crippen LogP contribution in [0.15, 0.2) is 22.7 Å². The van der Waals surface area contributed by atoms with Crippen LogP contribution in [0.25, 0.3) is 0 Å². The minimum absolute atomic E-state index is 0.0268. The van der Waals surface area contributed by atoms with Gasteiger partial charge in [-0.2, -0.15) is 0 Å². The van der Waals surface area contributed by atoms with Crippen molar-refractivity contribution >= 4 is 21.8 Å². The number of hydrogen-bond acceptors (Lipinski definition) is 3. The monoisotopic (exact) mass is 302 g/mol. The zero-order chi connectivity index (χ0) is 12.3. The molecule has 92 valence electrons. The Kier molecular flexibility index (Phi) is 4.09. The predicted octanol–water partition coefficient (Wildman–Crippen LogP) is 1.57. The highest BCUT2D eigenvalue weighted by Crippen LogP contribution is 2.19. The number of nitrogens with zero attached hydrogens (tertiary/aromatic N) is 1. The van der Waals surface area contributed by atoms with E-state index in [0.717, 1.165) is 0 Å². The number of rotatable bonds is 2. The molecule has 4 nitrogen and oxygen atoms in total. The molecule has 0 aromatic heterocycles. The van der Waals surface area contributed by atoms with E-state index in [9.17, 15) is 9.18 Å². The summed E-state index contributed by atoms with van der Waals surface area (Å²) in [6.45, 7) is 2.35. The number of ether oxygens (including phenoxy) is 1. The molecule has 0 unspecified atom stereocenters. The number of morpholine rings is 1. The van der Waals surface area contributed by atoms with Gasteiger partial charge in [-0.15, -0.1) is 0 Å². The second kappa shape index (κ2) is 5.57. The number of hydrazine groups is 1. The lowest BCUT2D eigenvalue weighted by Crippen LogP contribution is -2.48. The third-order valence-corrected chi connectivity index (χ3v) is 3.12. The van der Waals surface area contributed by atoms with E-state index in [1.54, 1.807) is 17.1 Å². The summed E-state index contributed by atoms with van der Waals surface area (Å²) in [6.07, 6.45) is 0.